The zero-order chi connectivity index (χ0) is 20.5. The molecule has 1 aliphatic rings. The van der Waals surface area contributed by atoms with Gasteiger partial charge in [0, 0.05) is 42.1 Å². The van der Waals surface area contributed by atoms with Crippen molar-refractivity contribution in [2.75, 3.05) is 13.6 Å². The van der Waals surface area contributed by atoms with Gasteiger partial charge in [0.15, 0.2) is 5.58 Å². The lowest BCUT2D eigenvalue weighted by Crippen LogP contribution is -2.48. The van der Waals surface area contributed by atoms with Gasteiger partial charge in [-0.1, -0.05) is 23.7 Å². The highest BCUT2D eigenvalue weighted by Gasteiger charge is 2.32. The van der Waals surface area contributed by atoms with Gasteiger partial charge in [0.1, 0.15) is 5.52 Å². The highest BCUT2D eigenvalue weighted by Crippen LogP contribution is 2.28. The van der Waals surface area contributed by atoms with Crippen LogP contribution in [0.1, 0.15) is 29.3 Å². The van der Waals surface area contributed by atoms with Gasteiger partial charge in [-0.05, 0) is 37.1 Å². The minimum Gasteiger partial charge on any atom is -0.463 e. The zero-order valence-electron chi connectivity index (χ0n) is 16.2. The maximum atomic E-state index is 13.1. The second-order valence-corrected chi connectivity index (χ2v) is 7.42. The summed E-state index contributed by atoms with van der Waals surface area (Å²) in [4.78, 5) is 19.1. The average molecular weight is 409 g/mol. The van der Waals surface area contributed by atoms with Crippen LogP contribution in [0, 0.1) is 5.41 Å². The van der Waals surface area contributed by atoms with Gasteiger partial charge < -0.3 is 20.0 Å². The van der Waals surface area contributed by atoms with Crippen LogP contribution in [-0.2, 0) is 0 Å². The average Bonchev–Trinajstić information content (AvgIpc) is 3.19. The van der Waals surface area contributed by atoms with E-state index in [9.17, 15) is 4.79 Å². The van der Waals surface area contributed by atoms with E-state index in [-0.39, 0.29) is 11.9 Å². The number of nitrogens with one attached hydrogen (secondary N) is 2. The number of carbonyl (C=O) groups excluding carboxylic acids is 1. The lowest BCUT2D eigenvalue weighted by molar-refractivity contribution is 0.0728. The van der Waals surface area contributed by atoms with Crippen molar-refractivity contribution in [3.05, 3.63) is 70.6 Å². The number of likely N-dealkylation sites (tertiary alicyclic amines) is 1. The van der Waals surface area contributed by atoms with E-state index in [2.05, 4.69) is 10.3 Å². The number of rotatable bonds is 3. The van der Waals surface area contributed by atoms with Crippen LogP contribution in [-0.4, -0.2) is 41.1 Å². The van der Waals surface area contributed by atoms with E-state index in [1.165, 1.54) is 0 Å². The van der Waals surface area contributed by atoms with Gasteiger partial charge in [-0.15, -0.1) is 0 Å². The molecule has 1 aromatic carbocycles. The summed E-state index contributed by atoms with van der Waals surface area (Å²) in [5.74, 6) is -0.152. The summed E-state index contributed by atoms with van der Waals surface area (Å²) in [7, 11) is 1.84. The minimum atomic E-state index is -0.360. The van der Waals surface area contributed by atoms with E-state index in [1.54, 1.807) is 29.5 Å². The molecule has 0 aliphatic carbocycles. The molecule has 0 spiro atoms. The van der Waals surface area contributed by atoms with Crippen LogP contribution in [0.25, 0.3) is 16.8 Å². The predicted octanol–water partition coefficient (Wildman–Crippen LogP) is 4.37. The fourth-order valence-corrected chi connectivity index (χ4v) is 3.94. The number of hydrogen-bond donors (Lipinski definition) is 2. The Morgan fingerprint density at radius 2 is 2.14 bits per heavy atom. The number of fused-ring (bicyclic) bond motifs is 1. The Hall–Kier alpha value is -3.12. The highest BCUT2D eigenvalue weighted by molar-refractivity contribution is 6.30. The third kappa shape index (κ3) is 3.51. The number of halogens is 1. The van der Waals surface area contributed by atoms with Crippen molar-refractivity contribution in [3.63, 3.8) is 0 Å². The van der Waals surface area contributed by atoms with Crippen LogP contribution in [0.4, 0.5) is 0 Å². The van der Waals surface area contributed by atoms with Crippen LogP contribution in [0.15, 0.2) is 58.8 Å². The van der Waals surface area contributed by atoms with Crippen molar-refractivity contribution in [2.45, 2.75) is 19.4 Å². The molecule has 1 saturated heterocycles. The lowest BCUT2D eigenvalue weighted by Gasteiger charge is -2.36. The number of nitrogens with zero attached hydrogens (tertiary/aromatic N) is 2. The summed E-state index contributed by atoms with van der Waals surface area (Å²) < 4.78 is 5.36. The molecule has 0 saturated carbocycles. The zero-order valence-corrected chi connectivity index (χ0v) is 17.0. The maximum absolute atomic E-state index is 13.1. The third-order valence-electron chi connectivity index (χ3n) is 5.29. The Morgan fingerprint density at radius 1 is 1.31 bits per heavy atom. The molecule has 6 nitrogen and oxygen atoms in total. The molecule has 148 valence electrons. The molecule has 2 aromatic heterocycles. The summed E-state index contributed by atoms with van der Waals surface area (Å²) in [5.41, 5.74) is 4.87. The first-order valence-electron chi connectivity index (χ1n) is 9.39. The van der Waals surface area contributed by atoms with Crippen molar-refractivity contribution in [1.29, 1.82) is 5.41 Å². The molecule has 1 aliphatic heterocycles. The lowest BCUT2D eigenvalue weighted by atomic mass is 9.90. The molecule has 4 rings (SSSR count). The number of carbonyl (C=O) groups is 1. The molecule has 2 N–H and O–H groups in total. The molecule has 7 heteroatoms. The first kappa shape index (κ1) is 19.2. The van der Waals surface area contributed by atoms with E-state index in [0.29, 0.717) is 40.4 Å². The van der Waals surface area contributed by atoms with Gasteiger partial charge in [0.05, 0.1) is 23.6 Å². The fourth-order valence-electron chi connectivity index (χ4n) is 3.75. The normalized spacial score (nSPS) is 18.8. The molecule has 0 unspecified atom stereocenters. The third-order valence-corrected chi connectivity index (χ3v) is 5.52. The number of aromatic nitrogens is 1. The minimum absolute atomic E-state index is 0.152. The number of piperidine rings is 1. The number of furan rings is 1. The highest BCUT2D eigenvalue weighted by atomic mass is 35.5. The Balaban J connectivity index is 1.63. The van der Waals surface area contributed by atoms with E-state index in [0.717, 1.165) is 16.8 Å². The molecule has 1 amide bonds. The SMILES string of the molecule is CN/C(=C1/CCN(C(=O)c2cnc3ccoc3c2)[C@H](C)C1=N)c1cccc(Cl)c1. The molecule has 29 heavy (non-hydrogen) atoms. The molecular formula is C22H21ClN4O2. The summed E-state index contributed by atoms with van der Waals surface area (Å²) in [5, 5.41) is 12.6. The van der Waals surface area contributed by atoms with E-state index < -0.39 is 0 Å². The topological polar surface area (TPSA) is 82.2 Å². The molecular weight excluding hydrogens is 388 g/mol. The number of benzene rings is 1. The molecule has 1 atom stereocenters. The molecule has 1 fully saturated rings. The Kier molecular flexibility index (Phi) is 5.11. The van der Waals surface area contributed by atoms with Crippen LogP contribution in [0.5, 0.6) is 0 Å². The van der Waals surface area contributed by atoms with Crippen molar-refractivity contribution >= 4 is 40.0 Å². The van der Waals surface area contributed by atoms with Gasteiger partial charge >= 0.3 is 0 Å². The standard InChI is InChI=1S/C22H21ClN4O2/c1-13-20(24)17(21(25-2)14-4-3-5-16(23)10-14)6-8-27(13)22(28)15-11-19-18(26-12-15)7-9-29-19/h3-5,7,9-13,24-25H,6,8H2,1-2H3/b21-17-,24-20?/t13-/m1/s1. The molecule has 0 radical (unpaired) electrons. The largest absolute Gasteiger partial charge is 0.463 e. The molecule has 0 bridgehead atoms. The van der Waals surface area contributed by atoms with Gasteiger partial charge in [-0.2, -0.15) is 0 Å². The number of hydrogen-bond acceptors (Lipinski definition) is 5. The monoisotopic (exact) mass is 408 g/mol. The van der Waals surface area contributed by atoms with E-state index in [4.69, 9.17) is 21.4 Å². The van der Waals surface area contributed by atoms with E-state index in [1.807, 2.05) is 38.2 Å². The molecule has 3 aromatic rings. The van der Waals surface area contributed by atoms with Crippen LogP contribution >= 0.6 is 11.6 Å². The summed E-state index contributed by atoms with van der Waals surface area (Å²) in [6.07, 6.45) is 3.69. The van der Waals surface area contributed by atoms with Crippen molar-refractivity contribution < 1.29 is 9.21 Å². The Morgan fingerprint density at radius 3 is 2.90 bits per heavy atom. The van der Waals surface area contributed by atoms with Crippen molar-refractivity contribution in [1.82, 2.24) is 15.2 Å². The van der Waals surface area contributed by atoms with Crippen LogP contribution in [0.3, 0.4) is 0 Å². The quantitative estimate of drug-likeness (QED) is 0.674. The second kappa shape index (κ2) is 7.72. The Bertz CT molecular complexity index is 1130. The maximum Gasteiger partial charge on any atom is 0.256 e. The van der Waals surface area contributed by atoms with Gasteiger partial charge in [0.2, 0.25) is 0 Å². The predicted molar refractivity (Wildman–Crippen MR) is 114 cm³/mol. The fraction of sp³-hybridized carbons (Fsp3) is 0.227. The summed E-state index contributed by atoms with van der Waals surface area (Å²) in [6, 6.07) is 10.7. The summed E-state index contributed by atoms with van der Waals surface area (Å²) in [6.45, 7) is 2.39. The van der Waals surface area contributed by atoms with Crippen LogP contribution in [0.2, 0.25) is 5.02 Å². The number of amides is 1. The van der Waals surface area contributed by atoms with Gasteiger partial charge in [-0.25, -0.2) is 0 Å². The van der Waals surface area contributed by atoms with E-state index >= 15 is 0 Å². The first-order chi connectivity index (χ1) is 14.0. The van der Waals surface area contributed by atoms with Crippen molar-refractivity contribution in [3.8, 4) is 0 Å². The first-order valence-corrected chi connectivity index (χ1v) is 9.77. The summed E-state index contributed by atoms with van der Waals surface area (Å²) >= 11 is 6.15. The smallest absolute Gasteiger partial charge is 0.256 e. The van der Waals surface area contributed by atoms with Crippen molar-refractivity contribution in [2.24, 2.45) is 0 Å². The van der Waals surface area contributed by atoms with Gasteiger partial charge in [-0.3, -0.25) is 9.78 Å². The van der Waals surface area contributed by atoms with Crippen LogP contribution < -0.4 is 5.32 Å². The Labute approximate surface area is 173 Å². The molecule has 3 heterocycles. The second-order valence-electron chi connectivity index (χ2n) is 6.98. The number of pyridine rings is 1. The van der Waals surface area contributed by atoms with Gasteiger partial charge in [0.25, 0.3) is 5.91 Å².